The van der Waals surface area contributed by atoms with Crippen LogP contribution in [0.15, 0.2) is 24.3 Å². The zero-order valence-corrected chi connectivity index (χ0v) is 14.6. The molecule has 0 heterocycles. The largest absolute Gasteiger partial charge is 0.374 e. The molecule has 118 valence electrons. The summed E-state index contributed by atoms with van der Waals surface area (Å²) in [5.41, 5.74) is 1.03. The highest BCUT2D eigenvalue weighted by molar-refractivity contribution is 7.98. The van der Waals surface area contributed by atoms with Gasteiger partial charge in [0.1, 0.15) is 6.23 Å². The Morgan fingerprint density at radius 1 is 1.43 bits per heavy atom. The van der Waals surface area contributed by atoms with Crippen LogP contribution in [0, 0.1) is 5.92 Å². The van der Waals surface area contributed by atoms with Crippen molar-refractivity contribution in [3.05, 3.63) is 34.9 Å². The van der Waals surface area contributed by atoms with E-state index < -0.39 is 6.23 Å². The van der Waals surface area contributed by atoms with Crippen LogP contribution in [-0.2, 0) is 11.2 Å². The Labute approximate surface area is 141 Å². The van der Waals surface area contributed by atoms with E-state index in [1.54, 1.807) is 11.8 Å². The number of thioether (sulfide) groups is 1. The smallest absolute Gasteiger partial charge is 0.226 e. The minimum atomic E-state index is -0.780. The van der Waals surface area contributed by atoms with Crippen LogP contribution < -0.4 is 5.32 Å². The van der Waals surface area contributed by atoms with E-state index in [0.717, 1.165) is 17.7 Å². The number of amides is 1. The summed E-state index contributed by atoms with van der Waals surface area (Å²) >= 11 is 11.8. The van der Waals surface area contributed by atoms with Gasteiger partial charge < -0.3 is 10.4 Å². The molecule has 2 unspecified atom stereocenters. The van der Waals surface area contributed by atoms with E-state index in [4.69, 9.17) is 11.6 Å². The van der Waals surface area contributed by atoms with Crippen LogP contribution in [0.4, 0.5) is 0 Å². The van der Waals surface area contributed by atoms with Crippen LogP contribution in [0.5, 0.6) is 0 Å². The van der Waals surface area contributed by atoms with Crippen LogP contribution in [0.1, 0.15) is 18.4 Å². The van der Waals surface area contributed by atoms with Crippen molar-refractivity contribution in [2.45, 2.75) is 25.5 Å². The first-order valence-electron chi connectivity index (χ1n) is 6.89. The van der Waals surface area contributed by atoms with Gasteiger partial charge in [0.15, 0.2) is 0 Å². The number of carbonyl (C=O) groups is 1. The van der Waals surface area contributed by atoms with Crippen LogP contribution in [0.3, 0.4) is 0 Å². The lowest BCUT2D eigenvalue weighted by molar-refractivity contribution is -0.127. The first kappa shape index (κ1) is 18.7. The van der Waals surface area contributed by atoms with E-state index in [1.807, 2.05) is 30.5 Å². The normalized spacial score (nSPS) is 13.7. The maximum atomic E-state index is 12.1. The molecule has 0 saturated heterocycles. The standard InChI is InChI=1S/C15H22ClNO2S2/c1-21-8-2-3-14(18)17-15(19)12(10-20)9-11-4-6-13(16)7-5-11/h4-7,12,14,18,20H,2-3,8-10H2,1H3,(H,17,19). The van der Waals surface area contributed by atoms with E-state index in [2.05, 4.69) is 17.9 Å². The summed E-state index contributed by atoms with van der Waals surface area (Å²) in [4.78, 5) is 12.1. The molecule has 1 rings (SSSR count). The van der Waals surface area contributed by atoms with Crippen LogP contribution in [0.2, 0.25) is 5.02 Å². The Hall–Kier alpha value is -0.360. The summed E-state index contributed by atoms with van der Waals surface area (Å²) < 4.78 is 0. The molecular weight excluding hydrogens is 326 g/mol. The van der Waals surface area contributed by atoms with Gasteiger partial charge in [0, 0.05) is 10.8 Å². The summed E-state index contributed by atoms with van der Waals surface area (Å²) in [6, 6.07) is 7.42. The molecule has 0 aromatic heterocycles. The third kappa shape index (κ3) is 7.45. The van der Waals surface area contributed by atoms with Crippen LogP contribution in [0.25, 0.3) is 0 Å². The first-order chi connectivity index (χ1) is 10.1. The highest BCUT2D eigenvalue weighted by atomic mass is 35.5. The van der Waals surface area contributed by atoms with E-state index in [1.165, 1.54) is 0 Å². The molecule has 0 aliphatic rings. The zero-order chi connectivity index (χ0) is 15.7. The van der Waals surface area contributed by atoms with Gasteiger partial charge in [-0.2, -0.15) is 24.4 Å². The second-order valence-electron chi connectivity index (χ2n) is 4.87. The quantitative estimate of drug-likeness (QED) is 0.365. The van der Waals surface area contributed by atoms with Crippen molar-refractivity contribution in [1.29, 1.82) is 0 Å². The lowest BCUT2D eigenvalue weighted by Crippen LogP contribution is -2.40. The molecule has 0 aliphatic carbocycles. The molecule has 2 atom stereocenters. The molecule has 0 fully saturated rings. The molecule has 0 bridgehead atoms. The molecular formula is C15H22ClNO2S2. The number of halogens is 1. The summed E-state index contributed by atoms with van der Waals surface area (Å²) in [6.07, 6.45) is 3.29. The number of hydrogen-bond donors (Lipinski definition) is 3. The third-order valence-electron chi connectivity index (χ3n) is 3.12. The lowest BCUT2D eigenvalue weighted by Gasteiger charge is -2.18. The van der Waals surface area contributed by atoms with Crippen LogP contribution >= 0.6 is 36.0 Å². The first-order valence-corrected chi connectivity index (χ1v) is 9.30. The maximum absolute atomic E-state index is 12.1. The number of hydrogen-bond acceptors (Lipinski definition) is 4. The van der Waals surface area contributed by atoms with Crippen molar-refractivity contribution in [2.24, 2.45) is 5.92 Å². The molecule has 6 heteroatoms. The fraction of sp³-hybridized carbons (Fsp3) is 0.533. The summed E-state index contributed by atoms with van der Waals surface area (Å²) in [5.74, 6) is 1.00. The van der Waals surface area contributed by atoms with Gasteiger partial charge in [-0.1, -0.05) is 23.7 Å². The zero-order valence-electron chi connectivity index (χ0n) is 12.1. The molecule has 0 saturated carbocycles. The van der Waals surface area contributed by atoms with Crippen molar-refractivity contribution in [3.63, 3.8) is 0 Å². The molecule has 2 N–H and O–H groups in total. The predicted octanol–water partition coefficient (Wildman–Crippen LogP) is 3.01. The average Bonchev–Trinajstić information content (AvgIpc) is 2.46. The van der Waals surface area contributed by atoms with Gasteiger partial charge in [0.05, 0.1) is 5.92 Å². The van der Waals surface area contributed by atoms with Crippen molar-refractivity contribution >= 4 is 41.9 Å². The highest BCUT2D eigenvalue weighted by Gasteiger charge is 2.19. The second kappa shape index (κ2) is 10.4. The van der Waals surface area contributed by atoms with E-state index in [9.17, 15) is 9.90 Å². The SMILES string of the molecule is CSCCCC(O)NC(=O)C(CS)Cc1ccc(Cl)cc1. The molecule has 0 spiro atoms. The molecule has 21 heavy (non-hydrogen) atoms. The Kier molecular flexibility index (Phi) is 9.24. The summed E-state index contributed by atoms with van der Waals surface area (Å²) in [7, 11) is 0. The number of thiol groups is 1. The van der Waals surface area contributed by atoms with Gasteiger partial charge in [-0.3, -0.25) is 4.79 Å². The Bertz CT molecular complexity index is 428. The fourth-order valence-corrected chi connectivity index (χ4v) is 2.80. The number of aliphatic hydroxyl groups is 1. The third-order valence-corrected chi connectivity index (χ3v) is 4.51. The molecule has 1 aromatic carbocycles. The maximum Gasteiger partial charge on any atom is 0.226 e. The Balaban J connectivity index is 2.47. The Morgan fingerprint density at radius 3 is 2.67 bits per heavy atom. The Morgan fingerprint density at radius 2 is 2.10 bits per heavy atom. The van der Waals surface area contributed by atoms with Gasteiger partial charge in [-0.25, -0.2) is 0 Å². The second-order valence-corrected chi connectivity index (χ2v) is 6.66. The van der Waals surface area contributed by atoms with E-state index in [-0.39, 0.29) is 11.8 Å². The molecule has 0 radical (unpaired) electrons. The number of benzene rings is 1. The highest BCUT2D eigenvalue weighted by Crippen LogP contribution is 2.15. The number of nitrogens with one attached hydrogen (secondary N) is 1. The van der Waals surface area contributed by atoms with Gasteiger partial charge >= 0.3 is 0 Å². The number of rotatable bonds is 9. The number of carbonyl (C=O) groups excluding carboxylic acids is 1. The summed E-state index contributed by atoms with van der Waals surface area (Å²) in [6.45, 7) is 0. The molecule has 1 amide bonds. The monoisotopic (exact) mass is 347 g/mol. The van der Waals surface area contributed by atoms with Crippen LogP contribution in [-0.4, -0.2) is 35.0 Å². The molecule has 3 nitrogen and oxygen atoms in total. The van der Waals surface area contributed by atoms with E-state index in [0.29, 0.717) is 23.6 Å². The predicted molar refractivity (Wildman–Crippen MR) is 94.3 cm³/mol. The molecule has 0 aliphatic heterocycles. The topological polar surface area (TPSA) is 49.3 Å². The lowest BCUT2D eigenvalue weighted by atomic mass is 10.00. The minimum Gasteiger partial charge on any atom is -0.374 e. The van der Waals surface area contributed by atoms with Gasteiger partial charge in [-0.05, 0) is 49.0 Å². The average molecular weight is 348 g/mol. The number of aliphatic hydroxyl groups excluding tert-OH is 1. The molecule has 1 aromatic rings. The van der Waals surface area contributed by atoms with Crippen molar-refractivity contribution in [3.8, 4) is 0 Å². The van der Waals surface area contributed by atoms with E-state index >= 15 is 0 Å². The van der Waals surface area contributed by atoms with Crippen molar-refractivity contribution < 1.29 is 9.90 Å². The summed E-state index contributed by atoms with van der Waals surface area (Å²) in [5, 5.41) is 13.1. The van der Waals surface area contributed by atoms with Crippen molar-refractivity contribution in [2.75, 3.05) is 17.8 Å². The fourth-order valence-electron chi connectivity index (χ4n) is 1.92. The van der Waals surface area contributed by atoms with Gasteiger partial charge in [-0.15, -0.1) is 0 Å². The van der Waals surface area contributed by atoms with Gasteiger partial charge in [0.2, 0.25) is 5.91 Å². The van der Waals surface area contributed by atoms with Crippen molar-refractivity contribution in [1.82, 2.24) is 5.32 Å². The van der Waals surface area contributed by atoms with Gasteiger partial charge in [0.25, 0.3) is 0 Å². The minimum absolute atomic E-state index is 0.156.